The zero-order valence-corrected chi connectivity index (χ0v) is 19.0. The van der Waals surface area contributed by atoms with E-state index in [4.69, 9.17) is 16.3 Å². The molecule has 0 saturated carbocycles. The van der Waals surface area contributed by atoms with Gasteiger partial charge >= 0.3 is 0 Å². The number of halogens is 1. The second kappa shape index (κ2) is 8.56. The molecule has 0 unspecified atom stereocenters. The molecule has 0 saturated heterocycles. The van der Waals surface area contributed by atoms with Crippen LogP contribution in [0.3, 0.4) is 0 Å². The maximum absolute atomic E-state index is 13.6. The minimum absolute atomic E-state index is 0.178. The second-order valence-electron chi connectivity index (χ2n) is 7.77. The topological polar surface area (TPSA) is 61.9 Å². The van der Waals surface area contributed by atoms with Crippen LogP contribution in [0.2, 0.25) is 5.02 Å². The van der Waals surface area contributed by atoms with Crippen LogP contribution in [0.1, 0.15) is 27.3 Å². The van der Waals surface area contributed by atoms with E-state index in [0.717, 1.165) is 27.8 Å². The Morgan fingerprint density at radius 3 is 2.52 bits per heavy atom. The molecule has 0 aliphatic carbocycles. The molecule has 6 nitrogen and oxygen atoms in total. The fourth-order valence-electron chi connectivity index (χ4n) is 4.05. The highest BCUT2D eigenvalue weighted by Gasteiger charge is 2.24. The standard InChI is InChI=1S/C26H21ClN4O2/c1-17-25(26(32)23-16-31(29-28-23)20-6-4-3-5-7-20)22-14-21(33-2)12-13-24(22)30(17)15-18-8-10-19(27)11-9-18/h3-14,16H,15H2,1-2H3. The molecular weight excluding hydrogens is 436 g/mol. The number of nitrogens with zero attached hydrogens (tertiary/aromatic N) is 4. The zero-order chi connectivity index (χ0) is 22.9. The third-order valence-corrected chi connectivity index (χ3v) is 6.01. The van der Waals surface area contributed by atoms with Crippen LogP contribution in [0.25, 0.3) is 16.6 Å². The van der Waals surface area contributed by atoms with Gasteiger partial charge in [0.25, 0.3) is 0 Å². The third kappa shape index (κ3) is 3.90. The molecule has 5 aromatic rings. The van der Waals surface area contributed by atoms with E-state index in [-0.39, 0.29) is 11.5 Å². The molecule has 2 aromatic heterocycles. The Kier molecular flexibility index (Phi) is 5.44. The Hall–Kier alpha value is -3.90. The van der Waals surface area contributed by atoms with Crippen molar-refractivity contribution in [3.05, 3.63) is 107 Å². The van der Waals surface area contributed by atoms with Crippen molar-refractivity contribution in [3.8, 4) is 11.4 Å². The first kappa shape index (κ1) is 21.0. The zero-order valence-electron chi connectivity index (χ0n) is 18.2. The quantitative estimate of drug-likeness (QED) is 0.318. The van der Waals surface area contributed by atoms with Crippen molar-refractivity contribution >= 4 is 28.3 Å². The fraction of sp³-hybridized carbons (Fsp3) is 0.115. The number of rotatable bonds is 6. The summed E-state index contributed by atoms with van der Waals surface area (Å²) in [5.74, 6) is 0.510. The van der Waals surface area contributed by atoms with Gasteiger partial charge in [-0.25, -0.2) is 4.68 Å². The minimum atomic E-state index is -0.178. The number of hydrogen-bond acceptors (Lipinski definition) is 4. The highest BCUT2D eigenvalue weighted by Crippen LogP contribution is 2.31. The van der Waals surface area contributed by atoms with Gasteiger partial charge in [0.05, 0.1) is 24.6 Å². The Morgan fingerprint density at radius 1 is 1.03 bits per heavy atom. The lowest BCUT2D eigenvalue weighted by Crippen LogP contribution is -2.06. The van der Waals surface area contributed by atoms with Gasteiger partial charge in [0, 0.05) is 28.2 Å². The van der Waals surface area contributed by atoms with Crippen LogP contribution >= 0.6 is 11.6 Å². The van der Waals surface area contributed by atoms with Gasteiger partial charge in [-0.1, -0.05) is 47.1 Å². The van der Waals surface area contributed by atoms with Gasteiger partial charge in [0.15, 0.2) is 5.69 Å². The number of aromatic nitrogens is 4. The van der Waals surface area contributed by atoms with E-state index < -0.39 is 0 Å². The van der Waals surface area contributed by atoms with Gasteiger partial charge in [-0.2, -0.15) is 0 Å². The average molecular weight is 457 g/mol. The fourth-order valence-corrected chi connectivity index (χ4v) is 4.18. The number of methoxy groups -OCH3 is 1. The van der Waals surface area contributed by atoms with Gasteiger partial charge in [-0.3, -0.25) is 4.79 Å². The van der Waals surface area contributed by atoms with E-state index in [1.165, 1.54) is 0 Å². The Morgan fingerprint density at radius 2 is 1.79 bits per heavy atom. The molecule has 0 N–H and O–H groups in total. The molecular formula is C26H21ClN4O2. The van der Waals surface area contributed by atoms with Crippen molar-refractivity contribution in [3.63, 3.8) is 0 Å². The molecule has 0 bridgehead atoms. The minimum Gasteiger partial charge on any atom is -0.497 e. The summed E-state index contributed by atoms with van der Waals surface area (Å²) in [7, 11) is 1.62. The number of para-hydroxylation sites is 1. The van der Waals surface area contributed by atoms with Gasteiger partial charge in [-0.15, -0.1) is 5.10 Å². The highest BCUT2D eigenvalue weighted by molar-refractivity contribution is 6.30. The summed E-state index contributed by atoms with van der Waals surface area (Å²) >= 11 is 6.05. The van der Waals surface area contributed by atoms with E-state index in [9.17, 15) is 4.79 Å². The molecule has 5 rings (SSSR count). The lowest BCUT2D eigenvalue weighted by atomic mass is 10.0. The maximum atomic E-state index is 13.6. The Balaban J connectivity index is 1.61. The van der Waals surface area contributed by atoms with Crippen molar-refractivity contribution in [2.45, 2.75) is 13.5 Å². The van der Waals surface area contributed by atoms with Crippen molar-refractivity contribution in [1.82, 2.24) is 19.6 Å². The van der Waals surface area contributed by atoms with Crippen LogP contribution in [0.4, 0.5) is 0 Å². The van der Waals surface area contributed by atoms with Crippen LogP contribution in [0.15, 0.2) is 79.0 Å². The van der Waals surface area contributed by atoms with Gasteiger partial charge in [-0.05, 0) is 55.0 Å². The molecule has 2 heterocycles. The van der Waals surface area contributed by atoms with E-state index >= 15 is 0 Å². The number of fused-ring (bicyclic) bond motifs is 1. The van der Waals surface area contributed by atoms with Crippen molar-refractivity contribution < 1.29 is 9.53 Å². The van der Waals surface area contributed by atoms with Crippen LogP contribution in [-0.2, 0) is 6.54 Å². The molecule has 164 valence electrons. The average Bonchev–Trinajstić information content (AvgIpc) is 3.44. The summed E-state index contributed by atoms with van der Waals surface area (Å²) in [6.07, 6.45) is 1.67. The molecule has 3 aromatic carbocycles. The Labute approximate surface area is 196 Å². The largest absolute Gasteiger partial charge is 0.497 e. The highest BCUT2D eigenvalue weighted by atomic mass is 35.5. The molecule has 0 radical (unpaired) electrons. The lowest BCUT2D eigenvalue weighted by Gasteiger charge is -2.09. The summed E-state index contributed by atoms with van der Waals surface area (Å²) in [5.41, 5.74) is 4.61. The summed E-state index contributed by atoms with van der Waals surface area (Å²) in [6, 6.07) is 23.1. The third-order valence-electron chi connectivity index (χ3n) is 5.76. The number of carbonyl (C=O) groups excluding carboxylic acids is 1. The summed E-state index contributed by atoms with van der Waals surface area (Å²) < 4.78 is 9.18. The van der Waals surface area contributed by atoms with Gasteiger partial charge in [0.2, 0.25) is 5.78 Å². The SMILES string of the molecule is COc1ccc2c(c1)c(C(=O)c1cn(-c3ccccc3)nn1)c(C)n2Cc1ccc(Cl)cc1. The van der Waals surface area contributed by atoms with Gasteiger partial charge < -0.3 is 9.30 Å². The first-order chi connectivity index (χ1) is 16.0. The number of hydrogen-bond donors (Lipinski definition) is 0. The predicted octanol–water partition coefficient (Wildman–Crippen LogP) is 5.47. The number of ketones is 1. The molecule has 0 amide bonds. The summed E-state index contributed by atoms with van der Waals surface area (Å²) in [5, 5.41) is 9.84. The van der Waals surface area contributed by atoms with Crippen molar-refractivity contribution in [2.75, 3.05) is 7.11 Å². The molecule has 0 aliphatic rings. The lowest BCUT2D eigenvalue weighted by molar-refractivity contribution is 0.103. The van der Waals surface area contributed by atoms with Crippen LogP contribution in [-0.4, -0.2) is 32.5 Å². The smallest absolute Gasteiger partial charge is 0.217 e. The number of carbonyl (C=O) groups is 1. The van der Waals surface area contributed by atoms with E-state index in [1.54, 1.807) is 18.0 Å². The first-order valence-corrected chi connectivity index (χ1v) is 10.9. The van der Waals surface area contributed by atoms with E-state index in [0.29, 0.717) is 22.9 Å². The molecule has 33 heavy (non-hydrogen) atoms. The van der Waals surface area contributed by atoms with Crippen LogP contribution in [0.5, 0.6) is 5.75 Å². The maximum Gasteiger partial charge on any atom is 0.217 e. The van der Waals surface area contributed by atoms with Crippen LogP contribution < -0.4 is 4.74 Å². The molecule has 0 aliphatic heterocycles. The summed E-state index contributed by atoms with van der Waals surface area (Å²) in [6.45, 7) is 2.56. The predicted molar refractivity (Wildman–Crippen MR) is 129 cm³/mol. The van der Waals surface area contributed by atoms with Crippen LogP contribution in [0, 0.1) is 6.92 Å². The Bertz CT molecular complexity index is 1450. The number of benzene rings is 3. The first-order valence-electron chi connectivity index (χ1n) is 10.5. The van der Waals surface area contributed by atoms with Crippen molar-refractivity contribution in [2.24, 2.45) is 0 Å². The molecule has 0 fully saturated rings. The second-order valence-corrected chi connectivity index (χ2v) is 8.21. The normalized spacial score (nSPS) is 11.1. The molecule has 0 atom stereocenters. The summed E-state index contributed by atoms with van der Waals surface area (Å²) in [4.78, 5) is 13.6. The van der Waals surface area contributed by atoms with Crippen molar-refractivity contribution in [1.29, 1.82) is 0 Å². The molecule has 7 heteroatoms. The van der Waals surface area contributed by atoms with E-state index in [1.807, 2.05) is 79.7 Å². The van der Waals surface area contributed by atoms with Gasteiger partial charge in [0.1, 0.15) is 5.75 Å². The molecule has 0 spiro atoms. The van der Waals surface area contributed by atoms with E-state index in [2.05, 4.69) is 14.9 Å². The number of ether oxygens (including phenoxy) is 1. The monoisotopic (exact) mass is 456 g/mol.